The van der Waals surface area contributed by atoms with Crippen LogP contribution in [0.3, 0.4) is 0 Å². The van der Waals surface area contributed by atoms with Crippen LogP contribution in [0.2, 0.25) is 0 Å². The van der Waals surface area contributed by atoms with E-state index in [9.17, 15) is 14.7 Å². The Bertz CT molecular complexity index is 707. The predicted molar refractivity (Wildman–Crippen MR) is 81.6 cm³/mol. The average Bonchev–Trinajstić information content (AvgIpc) is 2.41. The van der Waals surface area contributed by atoms with E-state index in [4.69, 9.17) is 4.74 Å². The number of hydrogen-bond acceptors (Lipinski definition) is 4. The van der Waals surface area contributed by atoms with Gasteiger partial charge in [0.15, 0.2) is 5.56 Å². The topological polar surface area (TPSA) is 79.4 Å². The molecular weight excluding hydrogens is 338 g/mol. The SMILES string of the molecule is CCOC(=O)c1c(O)cc(Cc2ccc(Br)cc2)[nH]c1=O. The summed E-state index contributed by atoms with van der Waals surface area (Å²) in [4.78, 5) is 26.1. The molecule has 0 bridgehead atoms. The number of ether oxygens (including phenoxy) is 1. The Morgan fingerprint density at radius 1 is 1.33 bits per heavy atom. The summed E-state index contributed by atoms with van der Waals surface area (Å²) in [6.07, 6.45) is 0.444. The van der Waals surface area contributed by atoms with Crippen LogP contribution in [-0.2, 0) is 11.2 Å². The Balaban J connectivity index is 2.29. The van der Waals surface area contributed by atoms with Gasteiger partial charge >= 0.3 is 5.97 Å². The first kappa shape index (κ1) is 15.3. The number of esters is 1. The summed E-state index contributed by atoms with van der Waals surface area (Å²) in [7, 11) is 0. The Morgan fingerprint density at radius 3 is 2.57 bits per heavy atom. The van der Waals surface area contributed by atoms with E-state index in [1.54, 1.807) is 6.92 Å². The quantitative estimate of drug-likeness (QED) is 0.829. The van der Waals surface area contributed by atoms with Crippen molar-refractivity contribution in [3.8, 4) is 5.75 Å². The zero-order valence-corrected chi connectivity index (χ0v) is 12.9. The predicted octanol–water partition coefficient (Wildman–Crippen LogP) is 2.61. The van der Waals surface area contributed by atoms with Gasteiger partial charge in [-0.25, -0.2) is 4.79 Å². The zero-order valence-electron chi connectivity index (χ0n) is 11.4. The maximum Gasteiger partial charge on any atom is 0.347 e. The fraction of sp³-hybridized carbons (Fsp3) is 0.200. The van der Waals surface area contributed by atoms with E-state index >= 15 is 0 Å². The molecule has 0 saturated carbocycles. The molecule has 2 N–H and O–H groups in total. The lowest BCUT2D eigenvalue weighted by Crippen LogP contribution is -2.21. The molecule has 0 fully saturated rings. The van der Waals surface area contributed by atoms with Gasteiger partial charge in [-0.2, -0.15) is 0 Å². The molecule has 0 saturated heterocycles. The van der Waals surface area contributed by atoms with Crippen molar-refractivity contribution < 1.29 is 14.6 Å². The lowest BCUT2D eigenvalue weighted by atomic mass is 10.1. The third-order valence-electron chi connectivity index (χ3n) is 2.86. The number of nitrogens with one attached hydrogen (secondary N) is 1. The van der Waals surface area contributed by atoms with E-state index in [2.05, 4.69) is 20.9 Å². The van der Waals surface area contributed by atoms with E-state index in [0.29, 0.717) is 12.1 Å². The maximum absolute atomic E-state index is 11.9. The largest absolute Gasteiger partial charge is 0.507 e. The lowest BCUT2D eigenvalue weighted by Gasteiger charge is -2.07. The van der Waals surface area contributed by atoms with E-state index in [1.165, 1.54) is 6.07 Å². The monoisotopic (exact) mass is 351 g/mol. The van der Waals surface area contributed by atoms with Gasteiger partial charge < -0.3 is 14.8 Å². The van der Waals surface area contributed by atoms with Gasteiger partial charge in [0.05, 0.1) is 6.61 Å². The van der Waals surface area contributed by atoms with Gasteiger partial charge in [0.1, 0.15) is 5.75 Å². The third kappa shape index (κ3) is 3.72. The number of hydrogen-bond donors (Lipinski definition) is 2. The number of H-pyrrole nitrogens is 1. The van der Waals surface area contributed by atoms with Crippen molar-refractivity contribution in [2.45, 2.75) is 13.3 Å². The van der Waals surface area contributed by atoms with Crippen LogP contribution in [0.1, 0.15) is 28.5 Å². The van der Waals surface area contributed by atoms with Gasteiger partial charge in [0, 0.05) is 22.7 Å². The fourth-order valence-corrected chi connectivity index (χ4v) is 2.18. The average molecular weight is 352 g/mol. The molecule has 5 nitrogen and oxygen atoms in total. The number of carbonyl (C=O) groups excluding carboxylic acids is 1. The first-order chi connectivity index (χ1) is 10.0. The molecular formula is C15H14BrNO4. The number of aromatic nitrogens is 1. The van der Waals surface area contributed by atoms with Crippen molar-refractivity contribution in [1.29, 1.82) is 0 Å². The molecule has 0 atom stereocenters. The standard InChI is InChI=1S/C15H14BrNO4/c1-2-21-15(20)13-12(18)8-11(17-14(13)19)7-9-3-5-10(16)6-4-9/h3-6,8H,2,7H2,1H3,(H2,17,18,19). The van der Waals surface area contributed by atoms with Gasteiger partial charge in [-0.05, 0) is 24.6 Å². The molecule has 0 radical (unpaired) electrons. The Hall–Kier alpha value is -2.08. The molecule has 2 rings (SSSR count). The van der Waals surface area contributed by atoms with E-state index < -0.39 is 11.5 Å². The van der Waals surface area contributed by atoms with E-state index in [-0.39, 0.29) is 17.9 Å². The van der Waals surface area contributed by atoms with Gasteiger partial charge in [-0.3, -0.25) is 4.79 Å². The van der Waals surface area contributed by atoms with E-state index in [0.717, 1.165) is 10.0 Å². The van der Waals surface area contributed by atoms with Crippen LogP contribution >= 0.6 is 15.9 Å². The maximum atomic E-state index is 11.9. The molecule has 0 amide bonds. The van der Waals surface area contributed by atoms with Gasteiger partial charge in [0.2, 0.25) is 0 Å². The molecule has 6 heteroatoms. The first-order valence-electron chi connectivity index (χ1n) is 6.38. The number of aromatic amines is 1. The van der Waals surface area contributed by atoms with Crippen LogP contribution in [0.4, 0.5) is 0 Å². The van der Waals surface area contributed by atoms with Crippen molar-refractivity contribution in [2.75, 3.05) is 6.61 Å². The summed E-state index contributed by atoms with van der Waals surface area (Å²) in [6, 6.07) is 8.95. The van der Waals surface area contributed by atoms with Crippen LogP contribution in [0.15, 0.2) is 39.6 Å². The normalized spacial score (nSPS) is 10.4. The molecule has 1 aromatic carbocycles. The molecule has 110 valence electrons. The summed E-state index contributed by atoms with van der Waals surface area (Å²) < 4.78 is 5.70. The first-order valence-corrected chi connectivity index (χ1v) is 7.17. The number of carbonyl (C=O) groups is 1. The second kappa shape index (κ2) is 6.58. The highest BCUT2D eigenvalue weighted by molar-refractivity contribution is 9.10. The highest BCUT2D eigenvalue weighted by Crippen LogP contribution is 2.18. The Labute approximate surface area is 129 Å². The summed E-state index contributed by atoms with van der Waals surface area (Å²) >= 11 is 3.35. The minimum Gasteiger partial charge on any atom is -0.507 e. The highest BCUT2D eigenvalue weighted by Gasteiger charge is 2.18. The molecule has 1 heterocycles. The smallest absolute Gasteiger partial charge is 0.347 e. The lowest BCUT2D eigenvalue weighted by molar-refractivity contribution is 0.0521. The van der Waals surface area contributed by atoms with Crippen LogP contribution in [0, 0.1) is 0 Å². The summed E-state index contributed by atoms with van der Waals surface area (Å²) in [5.41, 5.74) is 0.474. The molecule has 0 aliphatic heterocycles. The van der Waals surface area contributed by atoms with Crippen molar-refractivity contribution in [3.63, 3.8) is 0 Å². The van der Waals surface area contributed by atoms with Crippen LogP contribution < -0.4 is 5.56 Å². The molecule has 2 aromatic rings. The molecule has 0 unspecified atom stereocenters. The van der Waals surface area contributed by atoms with Crippen LogP contribution in [-0.4, -0.2) is 22.7 Å². The second-order valence-electron chi connectivity index (χ2n) is 4.41. The Morgan fingerprint density at radius 2 is 2.00 bits per heavy atom. The van der Waals surface area contributed by atoms with Crippen molar-refractivity contribution in [1.82, 2.24) is 4.98 Å². The van der Waals surface area contributed by atoms with Crippen molar-refractivity contribution in [2.24, 2.45) is 0 Å². The zero-order chi connectivity index (χ0) is 15.4. The molecule has 0 aliphatic carbocycles. The molecule has 21 heavy (non-hydrogen) atoms. The van der Waals surface area contributed by atoms with Crippen LogP contribution in [0.25, 0.3) is 0 Å². The third-order valence-corrected chi connectivity index (χ3v) is 3.38. The van der Waals surface area contributed by atoms with Crippen molar-refractivity contribution >= 4 is 21.9 Å². The number of rotatable bonds is 4. The van der Waals surface area contributed by atoms with E-state index in [1.807, 2.05) is 24.3 Å². The van der Waals surface area contributed by atoms with Crippen molar-refractivity contribution in [3.05, 3.63) is 62.0 Å². The van der Waals surface area contributed by atoms with Gasteiger partial charge in [-0.15, -0.1) is 0 Å². The summed E-state index contributed by atoms with van der Waals surface area (Å²) in [5.74, 6) is -1.20. The summed E-state index contributed by atoms with van der Waals surface area (Å²) in [5, 5.41) is 9.86. The highest BCUT2D eigenvalue weighted by atomic mass is 79.9. The Kier molecular flexibility index (Phi) is 4.80. The fourth-order valence-electron chi connectivity index (χ4n) is 1.92. The van der Waals surface area contributed by atoms with Crippen LogP contribution in [0.5, 0.6) is 5.75 Å². The molecule has 0 aliphatic rings. The number of aromatic hydroxyl groups is 1. The molecule has 0 spiro atoms. The second-order valence-corrected chi connectivity index (χ2v) is 5.32. The number of pyridine rings is 1. The molecule has 1 aromatic heterocycles. The number of benzene rings is 1. The van der Waals surface area contributed by atoms with Gasteiger partial charge in [-0.1, -0.05) is 28.1 Å². The minimum atomic E-state index is -0.827. The minimum absolute atomic E-state index is 0.137. The number of halogens is 1. The van der Waals surface area contributed by atoms with Gasteiger partial charge in [0.25, 0.3) is 5.56 Å². The summed E-state index contributed by atoms with van der Waals surface area (Å²) in [6.45, 7) is 1.77.